The van der Waals surface area contributed by atoms with Crippen molar-refractivity contribution in [1.82, 2.24) is 4.98 Å². The Morgan fingerprint density at radius 2 is 2.24 bits per heavy atom. The molecule has 0 fully saturated rings. The molecule has 0 aromatic carbocycles. The summed E-state index contributed by atoms with van der Waals surface area (Å²) in [6, 6.07) is 1.88. The van der Waals surface area contributed by atoms with Crippen LogP contribution < -0.4 is 11.1 Å². The average molecular weight is 258 g/mol. The van der Waals surface area contributed by atoms with Crippen LogP contribution in [0.1, 0.15) is 20.8 Å². The van der Waals surface area contributed by atoms with Crippen molar-refractivity contribution in [2.24, 2.45) is 5.92 Å². The lowest BCUT2D eigenvalue weighted by molar-refractivity contribution is 0.126. The highest BCUT2D eigenvalue weighted by Crippen LogP contribution is 2.21. The molecule has 0 spiro atoms. The van der Waals surface area contributed by atoms with E-state index in [1.807, 2.05) is 6.92 Å². The van der Waals surface area contributed by atoms with Crippen LogP contribution in [-0.2, 0) is 4.74 Å². The molecule has 96 valence electrons. The van der Waals surface area contributed by atoms with E-state index in [-0.39, 0.29) is 6.04 Å². The Morgan fingerprint density at radius 1 is 1.53 bits per heavy atom. The summed E-state index contributed by atoms with van der Waals surface area (Å²) in [4.78, 5) is 4.18. The van der Waals surface area contributed by atoms with Gasteiger partial charge in [-0.15, -0.1) is 0 Å². The fourth-order valence-corrected chi connectivity index (χ4v) is 1.56. The number of rotatable bonds is 6. The molecule has 1 aromatic heterocycles. The Labute approximate surface area is 108 Å². The van der Waals surface area contributed by atoms with Crippen LogP contribution in [0, 0.1) is 5.92 Å². The minimum atomic E-state index is 0.186. The summed E-state index contributed by atoms with van der Waals surface area (Å²) in [5.41, 5.74) is 6.40. The Bertz CT molecular complexity index is 358. The number of hydrogen-bond donors (Lipinski definition) is 2. The number of anilines is 2. The van der Waals surface area contributed by atoms with Gasteiger partial charge in [-0.3, -0.25) is 0 Å². The molecule has 1 rings (SSSR count). The van der Waals surface area contributed by atoms with Gasteiger partial charge in [-0.1, -0.05) is 25.4 Å². The van der Waals surface area contributed by atoms with Crippen molar-refractivity contribution in [3.8, 4) is 0 Å². The van der Waals surface area contributed by atoms with Crippen molar-refractivity contribution in [3.63, 3.8) is 0 Å². The van der Waals surface area contributed by atoms with E-state index in [2.05, 4.69) is 24.1 Å². The summed E-state index contributed by atoms with van der Waals surface area (Å²) in [7, 11) is 0. The van der Waals surface area contributed by atoms with Crippen molar-refractivity contribution in [3.05, 3.63) is 17.3 Å². The van der Waals surface area contributed by atoms with Gasteiger partial charge in [0.25, 0.3) is 0 Å². The summed E-state index contributed by atoms with van der Waals surface area (Å²) >= 11 is 5.80. The molecule has 0 amide bonds. The molecule has 5 heteroatoms. The number of nitrogens with zero attached hydrogens (tertiary/aromatic N) is 1. The first-order valence-corrected chi connectivity index (χ1v) is 6.17. The predicted octanol–water partition coefficient (Wildman–Crippen LogP) is 2.79. The van der Waals surface area contributed by atoms with E-state index >= 15 is 0 Å². The lowest BCUT2D eigenvalue weighted by Gasteiger charge is -2.23. The van der Waals surface area contributed by atoms with Crippen LogP contribution in [0.5, 0.6) is 0 Å². The van der Waals surface area contributed by atoms with Gasteiger partial charge in [0.15, 0.2) is 0 Å². The molecule has 1 heterocycles. The smallest absolute Gasteiger partial charge is 0.149 e. The lowest BCUT2D eigenvalue weighted by atomic mass is 10.1. The number of hydrogen-bond acceptors (Lipinski definition) is 4. The van der Waals surface area contributed by atoms with Crippen LogP contribution in [0.25, 0.3) is 0 Å². The second-order valence-corrected chi connectivity index (χ2v) is 4.68. The SMILES string of the molecule is CCOCC(Nc1ncc(Cl)cc1N)C(C)C. The van der Waals surface area contributed by atoms with Gasteiger partial charge in [-0.25, -0.2) is 4.98 Å². The van der Waals surface area contributed by atoms with Gasteiger partial charge in [0, 0.05) is 12.8 Å². The zero-order valence-electron chi connectivity index (χ0n) is 10.5. The Kier molecular flexibility index (Phi) is 5.51. The van der Waals surface area contributed by atoms with Gasteiger partial charge in [0.05, 0.1) is 23.4 Å². The van der Waals surface area contributed by atoms with Gasteiger partial charge in [-0.05, 0) is 18.9 Å². The van der Waals surface area contributed by atoms with Crippen molar-refractivity contribution in [2.75, 3.05) is 24.3 Å². The molecular weight excluding hydrogens is 238 g/mol. The second-order valence-electron chi connectivity index (χ2n) is 4.25. The Hall–Kier alpha value is -1.00. The molecule has 0 aliphatic rings. The first-order chi connectivity index (χ1) is 8.04. The zero-order valence-corrected chi connectivity index (χ0v) is 11.3. The van der Waals surface area contributed by atoms with Gasteiger partial charge in [0.1, 0.15) is 5.82 Å². The first-order valence-electron chi connectivity index (χ1n) is 5.79. The maximum absolute atomic E-state index is 5.85. The minimum Gasteiger partial charge on any atom is -0.396 e. The quantitative estimate of drug-likeness (QED) is 0.823. The molecule has 0 aliphatic heterocycles. The summed E-state index contributed by atoms with van der Waals surface area (Å²) in [5.74, 6) is 1.09. The third kappa shape index (κ3) is 4.40. The Morgan fingerprint density at radius 3 is 2.76 bits per heavy atom. The van der Waals surface area contributed by atoms with Crippen LogP contribution in [-0.4, -0.2) is 24.2 Å². The molecule has 17 heavy (non-hydrogen) atoms. The molecule has 1 unspecified atom stereocenters. The average Bonchev–Trinajstić information content (AvgIpc) is 2.26. The Balaban J connectivity index is 2.71. The molecule has 1 atom stereocenters. The number of nitrogens with two attached hydrogens (primary N) is 1. The van der Waals surface area contributed by atoms with Crippen molar-refractivity contribution >= 4 is 23.1 Å². The fourth-order valence-electron chi connectivity index (χ4n) is 1.40. The molecule has 4 nitrogen and oxygen atoms in total. The number of aromatic nitrogens is 1. The van der Waals surface area contributed by atoms with Crippen LogP contribution in [0.3, 0.4) is 0 Å². The van der Waals surface area contributed by atoms with Gasteiger partial charge in [-0.2, -0.15) is 0 Å². The molecular formula is C12H20ClN3O. The van der Waals surface area contributed by atoms with Crippen LogP contribution >= 0.6 is 11.6 Å². The van der Waals surface area contributed by atoms with E-state index in [0.717, 1.165) is 0 Å². The van der Waals surface area contributed by atoms with E-state index in [4.69, 9.17) is 22.1 Å². The standard InChI is InChI=1S/C12H20ClN3O/c1-4-17-7-11(8(2)3)16-12-10(14)5-9(13)6-15-12/h5-6,8,11H,4,7,14H2,1-3H3,(H,15,16). The van der Waals surface area contributed by atoms with Crippen molar-refractivity contribution < 1.29 is 4.74 Å². The van der Waals surface area contributed by atoms with Crippen LogP contribution in [0.4, 0.5) is 11.5 Å². The second kappa shape index (κ2) is 6.67. The first kappa shape index (κ1) is 14.1. The summed E-state index contributed by atoms with van der Waals surface area (Å²) in [5, 5.41) is 3.83. The number of halogens is 1. The van der Waals surface area contributed by atoms with Crippen LogP contribution in [0.15, 0.2) is 12.3 Å². The van der Waals surface area contributed by atoms with Crippen molar-refractivity contribution in [1.29, 1.82) is 0 Å². The monoisotopic (exact) mass is 257 g/mol. The summed E-state index contributed by atoms with van der Waals surface area (Å²) in [6.07, 6.45) is 1.58. The molecule has 0 bridgehead atoms. The zero-order chi connectivity index (χ0) is 12.8. The van der Waals surface area contributed by atoms with E-state index < -0.39 is 0 Å². The topological polar surface area (TPSA) is 60.2 Å². The van der Waals surface area contributed by atoms with E-state index in [1.165, 1.54) is 0 Å². The number of ether oxygens (including phenoxy) is 1. The maximum Gasteiger partial charge on any atom is 0.149 e. The molecule has 0 saturated heterocycles. The van der Waals surface area contributed by atoms with E-state index in [1.54, 1.807) is 12.3 Å². The highest BCUT2D eigenvalue weighted by Gasteiger charge is 2.15. The van der Waals surface area contributed by atoms with Gasteiger partial charge < -0.3 is 15.8 Å². The molecule has 1 aromatic rings. The fraction of sp³-hybridized carbons (Fsp3) is 0.583. The van der Waals surface area contributed by atoms with E-state index in [0.29, 0.717) is 35.7 Å². The summed E-state index contributed by atoms with van der Waals surface area (Å²) < 4.78 is 5.44. The lowest BCUT2D eigenvalue weighted by Crippen LogP contribution is -2.31. The van der Waals surface area contributed by atoms with Gasteiger partial charge in [0.2, 0.25) is 0 Å². The molecule has 0 radical (unpaired) electrons. The maximum atomic E-state index is 5.85. The van der Waals surface area contributed by atoms with Crippen molar-refractivity contribution in [2.45, 2.75) is 26.8 Å². The van der Waals surface area contributed by atoms with E-state index in [9.17, 15) is 0 Å². The molecule has 0 aliphatic carbocycles. The van der Waals surface area contributed by atoms with Crippen LogP contribution in [0.2, 0.25) is 5.02 Å². The minimum absolute atomic E-state index is 0.186. The number of nitrogens with one attached hydrogen (secondary N) is 1. The molecule has 3 N–H and O–H groups in total. The largest absolute Gasteiger partial charge is 0.396 e. The predicted molar refractivity (Wildman–Crippen MR) is 72.4 cm³/mol. The van der Waals surface area contributed by atoms with Gasteiger partial charge >= 0.3 is 0 Å². The normalized spacial score (nSPS) is 12.8. The number of pyridine rings is 1. The molecule has 0 saturated carbocycles. The third-order valence-corrected chi connectivity index (χ3v) is 2.72. The third-order valence-electron chi connectivity index (χ3n) is 2.51. The summed E-state index contributed by atoms with van der Waals surface area (Å²) in [6.45, 7) is 7.57. The highest BCUT2D eigenvalue weighted by atomic mass is 35.5. The highest BCUT2D eigenvalue weighted by molar-refractivity contribution is 6.30. The number of nitrogen functional groups attached to an aromatic ring is 1.